The fourth-order valence-electron chi connectivity index (χ4n) is 5.22. The highest BCUT2D eigenvalue weighted by atomic mass is 35.5. The van der Waals surface area contributed by atoms with E-state index < -0.39 is 11.7 Å². The van der Waals surface area contributed by atoms with Gasteiger partial charge in [-0.2, -0.15) is 13.2 Å². The molecule has 0 radical (unpaired) electrons. The number of amides is 1. The molecule has 1 fully saturated rings. The van der Waals surface area contributed by atoms with Crippen LogP contribution < -0.4 is 0 Å². The fourth-order valence-corrected chi connectivity index (χ4v) is 5.22. The summed E-state index contributed by atoms with van der Waals surface area (Å²) in [7, 11) is 1.36. The highest BCUT2D eigenvalue weighted by Crippen LogP contribution is 2.42. The molecule has 1 aliphatic carbocycles. The number of carbonyl (C=O) groups excluding carboxylic acids is 2. The van der Waals surface area contributed by atoms with Crippen molar-refractivity contribution in [3.63, 3.8) is 0 Å². The molecular formula is C26H34Cl2F3N3O3. The maximum absolute atomic E-state index is 13.3. The molecule has 1 aromatic carbocycles. The first-order valence-electron chi connectivity index (χ1n) is 12.0. The summed E-state index contributed by atoms with van der Waals surface area (Å²) in [5.41, 5.74) is 1.83. The first-order valence-corrected chi connectivity index (χ1v) is 12.0. The Morgan fingerprint density at radius 1 is 1.03 bits per heavy atom. The molecule has 1 saturated heterocycles. The number of methoxy groups -OCH3 is 1. The van der Waals surface area contributed by atoms with E-state index in [4.69, 9.17) is 4.74 Å². The molecule has 2 atom stereocenters. The molecule has 37 heavy (non-hydrogen) atoms. The zero-order valence-electron chi connectivity index (χ0n) is 21.2. The average molecular weight is 564 g/mol. The third-order valence-corrected chi connectivity index (χ3v) is 7.17. The molecular weight excluding hydrogens is 530 g/mol. The van der Waals surface area contributed by atoms with Gasteiger partial charge in [0.1, 0.15) is 0 Å². The average Bonchev–Trinajstić information content (AvgIpc) is 3.24. The van der Waals surface area contributed by atoms with Gasteiger partial charge in [-0.3, -0.25) is 14.6 Å². The maximum Gasteiger partial charge on any atom is 0.416 e. The molecule has 1 amide bonds. The molecule has 6 nitrogen and oxygen atoms in total. The van der Waals surface area contributed by atoms with Gasteiger partial charge in [-0.25, -0.2) is 4.79 Å². The first kappa shape index (κ1) is 31.1. The number of halogens is 5. The second-order valence-electron chi connectivity index (χ2n) is 9.76. The molecule has 1 aromatic rings. The van der Waals surface area contributed by atoms with Crippen molar-refractivity contribution < 1.29 is 27.5 Å². The van der Waals surface area contributed by atoms with Crippen molar-refractivity contribution in [2.45, 2.75) is 39.0 Å². The lowest BCUT2D eigenvalue weighted by Crippen LogP contribution is -2.49. The summed E-state index contributed by atoms with van der Waals surface area (Å²) < 4.78 is 43.3. The number of hydrogen-bond donors (Lipinski definition) is 0. The summed E-state index contributed by atoms with van der Waals surface area (Å²) in [5.74, 6) is -0.880. The van der Waals surface area contributed by atoms with Gasteiger partial charge >= 0.3 is 12.1 Å². The van der Waals surface area contributed by atoms with Gasteiger partial charge in [0.2, 0.25) is 5.91 Å². The minimum atomic E-state index is -4.32. The summed E-state index contributed by atoms with van der Waals surface area (Å²) in [4.78, 5) is 31.9. The summed E-state index contributed by atoms with van der Waals surface area (Å²) in [6, 6.07) is 5.29. The van der Waals surface area contributed by atoms with E-state index in [-0.39, 0.29) is 54.6 Å². The highest BCUT2D eigenvalue weighted by molar-refractivity contribution is 5.95. The number of piperazine rings is 1. The van der Waals surface area contributed by atoms with Crippen LogP contribution in [0.5, 0.6) is 0 Å². The Hall–Kier alpha value is -2.07. The van der Waals surface area contributed by atoms with Crippen LogP contribution in [-0.4, -0.2) is 72.5 Å². The molecule has 3 aliphatic rings. The zero-order valence-corrected chi connectivity index (χ0v) is 22.8. The number of alkyl halides is 3. The molecule has 0 N–H and O–H groups in total. The molecule has 4 rings (SSSR count). The van der Waals surface area contributed by atoms with E-state index in [1.165, 1.54) is 7.11 Å². The molecule has 0 saturated carbocycles. The van der Waals surface area contributed by atoms with Crippen LogP contribution in [0.1, 0.15) is 31.4 Å². The van der Waals surface area contributed by atoms with Crippen molar-refractivity contribution >= 4 is 36.7 Å². The van der Waals surface area contributed by atoms with Crippen LogP contribution in [0.4, 0.5) is 13.2 Å². The smallest absolute Gasteiger partial charge is 0.416 e. The molecule has 11 heteroatoms. The van der Waals surface area contributed by atoms with E-state index in [0.29, 0.717) is 25.1 Å². The molecule has 0 bridgehead atoms. The van der Waals surface area contributed by atoms with Crippen LogP contribution in [0, 0.1) is 11.8 Å². The quantitative estimate of drug-likeness (QED) is 0.376. The Labute approximate surface area is 228 Å². The standard InChI is InChI=1S/C26H32F3N3O3.2ClH/c1-17(2)32-16-22(25(34)35-3)21-9-6-19(23(21)24(32)33)15-31-12-10-30(11-13-31)14-18-4-7-20(8-5-18)26(27,28)29;;/h4-8,16-17,21,23H,9-15H2,1-3H3;2*1H/t21-,23-;;/m1../s1. The SMILES string of the molecule is COC(=O)C1=CN(C(C)C)C(=O)[C@@H]2C(CN3CCN(Cc4ccc(C(F)(F)F)cc4)CC3)=CC[C@H]12.Cl.Cl. The van der Waals surface area contributed by atoms with Crippen LogP contribution in [0.25, 0.3) is 0 Å². The van der Waals surface area contributed by atoms with E-state index in [9.17, 15) is 22.8 Å². The molecule has 0 unspecified atom stereocenters. The Balaban J connectivity index is 0.00000241. The van der Waals surface area contributed by atoms with E-state index in [1.54, 1.807) is 23.2 Å². The molecule has 0 aromatic heterocycles. The lowest BCUT2D eigenvalue weighted by molar-refractivity contribution is -0.140. The Bertz CT molecular complexity index is 1020. The fraction of sp³-hybridized carbons (Fsp3) is 0.538. The van der Waals surface area contributed by atoms with Gasteiger partial charge in [-0.05, 0) is 43.5 Å². The van der Waals surface area contributed by atoms with Crippen LogP contribution >= 0.6 is 24.8 Å². The van der Waals surface area contributed by atoms with Crippen molar-refractivity contribution in [3.8, 4) is 0 Å². The molecule has 0 spiro atoms. The van der Waals surface area contributed by atoms with E-state index in [2.05, 4.69) is 15.9 Å². The van der Waals surface area contributed by atoms with Crippen LogP contribution in [0.2, 0.25) is 0 Å². The predicted molar refractivity (Wildman–Crippen MR) is 139 cm³/mol. The van der Waals surface area contributed by atoms with Gasteiger partial charge < -0.3 is 9.64 Å². The van der Waals surface area contributed by atoms with E-state index >= 15 is 0 Å². The minimum Gasteiger partial charge on any atom is -0.466 e. The Morgan fingerprint density at radius 2 is 1.59 bits per heavy atom. The number of allylic oxidation sites excluding steroid dienone is 1. The first-order chi connectivity index (χ1) is 16.6. The number of rotatable bonds is 6. The van der Waals surface area contributed by atoms with E-state index in [1.807, 2.05) is 13.8 Å². The minimum absolute atomic E-state index is 0. The lowest BCUT2D eigenvalue weighted by Gasteiger charge is -2.38. The van der Waals surface area contributed by atoms with Crippen molar-refractivity contribution in [3.05, 3.63) is 58.8 Å². The third-order valence-electron chi connectivity index (χ3n) is 7.17. The summed E-state index contributed by atoms with van der Waals surface area (Å²) in [6.45, 7) is 8.32. The van der Waals surface area contributed by atoms with Crippen molar-refractivity contribution in [2.24, 2.45) is 11.8 Å². The Morgan fingerprint density at radius 3 is 2.11 bits per heavy atom. The highest BCUT2D eigenvalue weighted by Gasteiger charge is 2.45. The lowest BCUT2D eigenvalue weighted by atomic mass is 9.81. The van der Waals surface area contributed by atoms with E-state index in [0.717, 1.165) is 49.4 Å². The van der Waals surface area contributed by atoms with Gasteiger partial charge in [0.25, 0.3) is 0 Å². The van der Waals surface area contributed by atoms with Crippen LogP contribution in [0.15, 0.2) is 47.7 Å². The normalized spacial score (nSPS) is 22.6. The van der Waals surface area contributed by atoms with Crippen molar-refractivity contribution in [1.29, 1.82) is 0 Å². The summed E-state index contributed by atoms with van der Waals surface area (Å²) in [5, 5.41) is 0. The number of esters is 1. The summed E-state index contributed by atoms with van der Waals surface area (Å²) in [6.07, 6.45) is 0.0864. The monoisotopic (exact) mass is 563 g/mol. The van der Waals surface area contributed by atoms with Gasteiger partial charge in [0.05, 0.1) is 24.2 Å². The maximum atomic E-state index is 13.3. The van der Waals surface area contributed by atoms with Crippen LogP contribution in [0.3, 0.4) is 0 Å². The van der Waals surface area contributed by atoms with Crippen molar-refractivity contribution in [1.82, 2.24) is 14.7 Å². The number of ether oxygens (including phenoxy) is 1. The summed E-state index contributed by atoms with van der Waals surface area (Å²) >= 11 is 0. The second kappa shape index (κ2) is 12.7. The van der Waals surface area contributed by atoms with Gasteiger partial charge in [-0.1, -0.05) is 18.2 Å². The second-order valence-corrected chi connectivity index (χ2v) is 9.76. The number of hydrogen-bond acceptors (Lipinski definition) is 5. The zero-order chi connectivity index (χ0) is 25.3. The third kappa shape index (κ3) is 6.88. The Kier molecular flexibility index (Phi) is 10.7. The predicted octanol–water partition coefficient (Wildman–Crippen LogP) is 4.54. The molecule has 2 aliphatic heterocycles. The molecule has 206 valence electrons. The van der Waals surface area contributed by atoms with Crippen molar-refractivity contribution in [2.75, 3.05) is 39.8 Å². The number of fused-ring (bicyclic) bond motifs is 1. The number of benzene rings is 1. The number of nitrogens with zero attached hydrogens (tertiary/aromatic N) is 3. The number of carbonyl (C=O) groups is 2. The topological polar surface area (TPSA) is 53.1 Å². The van der Waals surface area contributed by atoms with Gasteiger partial charge in [-0.15, -0.1) is 24.8 Å². The van der Waals surface area contributed by atoms with Gasteiger partial charge in [0.15, 0.2) is 0 Å². The van der Waals surface area contributed by atoms with Crippen LogP contribution in [-0.2, 0) is 27.0 Å². The van der Waals surface area contributed by atoms with Gasteiger partial charge in [0, 0.05) is 57.4 Å². The largest absolute Gasteiger partial charge is 0.466 e. The molecule has 2 heterocycles.